The number of aliphatic carboxylic acids is 1. The molecule has 0 radical (unpaired) electrons. The molecule has 0 aliphatic carbocycles. The predicted molar refractivity (Wildman–Crippen MR) is 92.2 cm³/mol. The van der Waals surface area contributed by atoms with Crippen molar-refractivity contribution in [2.24, 2.45) is 0 Å². The number of hydrogen-bond acceptors (Lipinski definition) is 2. The maximum Gasteiger partial charge on any atom is 0.311 e. The van der Waals surface area contributed by atoms with Crippen LogP contribution in [-0.2, 0) is 11.2 Å². The molecule has 3 nitrogen and oxygen atoms in total. The van der Waals surface area contributed by atoms with Crippen LogP contribution in [0.25, 0.3) is 0 Å². The average molecular weight is 312 g/mol. The Hall–Kier alpha value is -2.29. The third kappa shape index (κ3) is 4.35. The third-order valence-electron chi connectivity index (χ3n) is 3.87. The summed E-state index contributed by atoms with van der Waals surface area (Å²) in [6, 6.07) is 13.6. The number of carboxylic acid groups (broad SMARTS) is 1. The predicted octanol–water partition coefficient (Wildman–Crippen LogP) is 4.50. The molecule has 0 amide bonds. The van der Waals surface area contributed by atoms with Crippen molar-refractivity contribution in [2.45, 2.75) is 46.1 Å². The number of benzene rings is 2. The first kappa shape index (κ1) is 17.1. The number of carbonyl (C=O) groups is 1. The molecule has 0 saturated heterocycles. The van der Waals surface area contributed by atoms with Gasteiger partial charge in [-0.15, -0.1) is 0 Å². The quantitative estimate of drug-likeness (QED) is 0.854. The second-order valence-electron chi connectivity index (χ2n) is 6.23. The topological polar surface area (TPSA) is 46.5 Å². The van der Waals surface area contributed by atoms with Gasteiger partial charge in [-0.2, -0.15) is 0 Å². The molecule has 1 N–H and O–H groups in total. The van der Waals surface area contributed by atoms with Crippen molar-refractivity contribution < 1.29 is 14.6 Å². The standard InChI is InChI=1S/C20H24O3/c1-13(2)23-19-8-6-5-7-16(19)12-18(20(21)22)17-11-14(3)9-10-15(17)4/h5-11,13,18H,12H2,1-4H3,(H,21,22). The van der Waals surface area contributed by atoms with Crippen molar-refractivity contribution in [1.82, 2.24) is 0 Å². The second-order valence-corrected chi connectivity index (χ2v) is 6.23. The summed E-state index contributed by atoms with van der Waals surface area (Å²) in [7, 11) is 0. The molecule has 0 aliphatic heterocycles. The molecular formula is C20H24O3. The van der Waals surface area contributed by atoms with Gasteiger partial charge in [-0.05, 0) is 56.9 Å². The van der Waals surface area contributed by atoms with E-state index >= 15 is 0 Å². The largest absolute Gasteiger partial charge is 0.491 e. The number of para-hydroxylation sites is 1. The molecule has 2 aromatic carbocycles. The van der Waals surface area contributed by atoms with Gasteiger partial charge in [0.2, 0.25) is 0 Å². The van der Waals surface area contributed by atoms with Crippen LogP contribution in [0.3, 0.4) is 0 Å². The first-order valence-electron chi connectivity index (χ1n) is 7.93. The van der Waals surface area contributed by atoms with Gasteiger partial charge in [-0.1, -0.05) is 42.0 Å². The SMILES string of the molecule is Cc1ccc(C)c(C(Cc2ccccc2OC(C)C)C(=O)O)c1. The number of aryl methyl sites for hydroxylation is 2. The Labute approximate surface area is 137 Å². The molecule has 0 fully saturated rings. The van der Waals surface area contributed by atoms with Gasteiger partial charge in [0.25, 0.3) is 0 Å². The smallest absolute Gasteiger partial charge is 0.311 e. The molecule has 1 atom stereocenters. The minimum atomic E-state index is -0.807. The van der Waals surface area contributed by atoms with E-state index in [4.69, 9.17) is 4.74 Å². The van der Waals surface area contributed by atoms with E-state index in [-0.39, 0.29) is 6.10 Å². The van der Waals surface area contributed by atoms with Gasteiger partial charge in [0, 0.05) is 0 Å². The number of rotatable bonds is 6. The van der Waals surface area contributed by atoms with Crippen LogP contribution in [0.4, 0.5) is 0 Å². The summed E-state index contributed by atoms with van der Waals surface area (Å²) >= 11 is 0. The van der Waals surface area contributed by atoms with Crippen LogP contribution in [0.5, 0.6) is 5.75 Å². The third-order valence-corrected chi connectivity index (χ3v) is 3.87. The van der Waals surface area contributed by atoms with E-state index in [1.807, 2.05) is 70.2 Å². The molecule has 0 heterocycles. The summed E-state index contributed by atoms with van der Waals surface area (Å²) in [5, 5.41) is 9.74. The normalized spacial score (nSPS) is 12.2. The lowest BCUT2D eigenvalue weighted by Crippen LogP contribution is -2.17. The molecule has 2 rings (SSSR count). The first-order chi connectivity index (χ1) is 10.9. The van der Waals surface area contributed by atoms with Gasteiger partial charge in [-0.25, -0.2) is 0 Å². The summed E-state index contributed by atoms with van der Waals surface area (Å²) in [5.41, 5.74) is 3.88. The van der Waals surface area contributed by atoms with E-state index in [2.05, 4.69) is 0 Å². The van der Waals surface area contributed by atoms with Crippen molar-refractivity contribution in [3.8, 4) is 5.75 Å². The van der Waals surface area contributed by atoms with Crippen LogP contribution < -0.4 is 4.74 Å². The summed E-state index contributed by atoms with van der Waals surface area (Å²) in [5.74, 6) is -0.621. The lowest BCUT2D eigenvalue weighted by molar-refractivity contribution is -0.138. The van der Waals surface area contributed by atoms with Gasteiger partial charge >= 0.3 is 5.97 Å². The van der Waals surface area contributed by atoms with Crippen molar-refractivity contribution in [3.63, 3.8) is 0 Å². The summed E-state index contributed by atoms with van der Waals surface area (Å²) in [6.07, 6.45) is 0.475. The van der Waals surface area contributed by atoms with Crippen LogP contribution in [0.1, 0.15) is 42.0 Å². The molecule has 0 saturated carbocycles. The Morgan fingerprint density at radius 2 is 1.83 bits per heavy atom. The highest BCUT2D eigenvalue weighted by Gasteiger charge is 2.23. The highest BCUT2D eigenvalue weighted by Crippen LogP contribution is 2.29. The molecular weight excluding hydrogens is 288 g/mol. The van der Waals surface area contributed by atoms with Gasteiger partial charge < -0.3 is 9.84 Å². The average Bonchev–Trinajstić information content (AvgIpc) is 2.48. The fourth-order valence-electron chi connectivity index (χ4n) is 2.73. The number of ether oxygens (including phenoxy) is 1. The van der Waals surface area contributed by atoms with Crippen molar-refractivity contribution in [3.05, 3.63) is 64.7 Å². The number of hydrogen-bond donors (Lipinski definition) is 1. The van der Waals surface area contributed by atoms with Gasteiger partial charge in [0.05, 0.1) is 12.0 Å². The monoisotopic (exact) mass is 312 g/mol. The highest BCUT2D eigenvalue weighted by atomic mass is 16.5. The molecule has 23 heavy (non-hydrogen) atoms. The molecule has 0 aliphatic rings. The van der Waals surface area contributed by atoms with E-state index in [9.17, 15) is 9.90 Å². The summed E-state index contributed by atoms with van der Waals surface area (Å²) in [4.78, 5) is 11.9. The molecule has 0 spiro atoms. The van der Waals surface area contributed by atoms with Gasteiger partial charge in [-0.3, -0.25) is 4.79 Å². The molecule has 2 aromatic rings. The lowest BCUT2D eigenvalue weighted by Gasteiger charge is -2.19. The van der Waals surface area contributed by atoms with Gasteiger partial charge in [0.15, 0.2) is 0 Å². The van der Waals surface area contributed by atoms with E-state index in [0.29, 0.717) is 6.42 Å². The van der Waals surface area contributed by atoms with Crippen LogP contribution in [-0.4, -0.2) is 17.2 Å². The molecule has 3 heteroatoms. The second kappa shape index (κ2) is 7.32. The minimum Gasteiger partial charge on any atom is -0.491 e. The van der Waals surface area contributed by atoms with Crippen LogP contribution in [0, 0.1) is 13.8 Å². The molecule has 0 bridgehead atoms. The van der Waals surface area contributed by atoms with E-state index in [0.717, 1.165) is 28.0 Å². The Kier molecular flexibility index (Phi) is 5.43. The first-order valence-corrected chi connectivity index (χ1v) is 7.93. The van der Waals surface area contributed by atoms with Crippen molar-refractivity contribution >= 4 is 5.97 Å². The zero-order chi connectivity index (χ0) is 17.0. The minimum absolute atomic E-state index is 0.0557. The van der Waals surface area contributed by atoms with E-state index < -0.39 is 11.9 Å². The maximum atomic E-state index is 11.9. The lowest BCUT2D eigenvalue weighted by atomic mass is 9.88. The summed E-state index contributed by atoms with van der Waals surface area (Å²) in [6.45, 7) is 7.88. The zero-order valence-corrected chi connectivity index (χ0v) is 14.2. The Morgan fingerprint density at radius 3 is 2.48 bits per heavy atom. The molecule has 1 unspecified atom stereocenters. The molecule has 122 valence electrons. The summed E-state index contributed by atoms with van der Waals surface area (Å²) < 4.78 is 5.82. The van der Waals surface area contributed by atoms with Crippen LogP contribution >= 0.6 is 0 Å². The zero-order valence-electron chi connectivity index (χ0n) is 14.2. The van der Waals surface area contributed by atoms with Crippen molar-refractivity contribution in [2.75, 3.05) is 0 Å². The number of carboxylic acids is 1. The van der Waals surface area contributed by atoms with Crippen LogP contribution in [0.2, 0.25) is 0 Å². The Morgan fingerprint density at radius 1 is 1.13 bits per heavy atom. The molecule has 0 aromatic heterocycles. The van der Waals surface area contributed by atoms with Crippen LogP contribution in [0.15, 0.2) is 42.5 Å². The van der Waals surface area contributed by atoms with Crippen molar-refractivity contribution in [1.29, 1.82) is 0 Å². The highest BCUT2D eigenvalue weighted by molar-refractivity contribution is 5.77. The fourth-order valence-corrected chi connectivity index (χ4v) is 2.73. The Balaban J connectivity index is 2.38. The van der Waals surface area contributed by atoms with E-state index in [1.165, 1.54) is 0 Å². The van der Waals surface area contributed by atoms with Gasteiger partial charge in [0.1, 0.15) is 5.75 Å². The maximum absolute atomic E-state index is 11.9. The Bertz CT molecular complexity index is 689. The fraction of sp³-hybridized carbons (Fsp3) is 0.350. The van der Waals surface area contributed by atoms with E-state index in [1.54, 1.807) is 0 Å².